The van der Waals surface area contributed by atoms with E-state index in [1.165, 1.54) is 12.2 Å². The molecule has 0 aliphatic heterocycles. The maximum absolute atomic E-state index is 9.51. The summed E-state index contributed by atoms with van der Waals surface area (Å²) in [6.45, 7) is 0. The van der Waals surface area contributed by atoms with E-state index >= 15 is 0 Å². The first-order valence-corrected chi connectivity index (χ1v) is 5.88. The molecule has 1 aromatic rings. The van der Waals surface area contributed by atoms with Crippen LogP contribution in [0.3, 0.4) is 0 Å². The zero-order valence-corrected chi connectivity index (χ0v) is 10.6. The molecule has 0 heterocycles. The number of hydrogen-bond acceptors (Lipinski definition) is 4. The first-order valence-electron chi connectivity index (χ1n) is 5.88. The topological polar surface area (TPSA) is 69.9 Å². The lowest BCUT2D eigenvalue weighted by Gasteiger charge is -2.21. The van der Waals surface area contributed by atoms with E-state index in [0.29, 0.717) is 5.57 Å². The monoisotopic (exact) mass is 260 g/mol. The minimum atomic E-state index is -1.99. The summed E-state index contributed by atoms with van der Waals surface area (Å²) in [5.41, 5.74) is 1.49. The average molecular weight is 260 g/mol. The Hall–Kier alpha value is -2.04. The highest BCUT2D eigenvalue weighted by Gasteiger charge is 2.25. The Morgan fingerprint density at radius 2 is 1.84 bits per heavy atom. The maximum atomic E-state index is 9.51. The van der Waals surface area contributed by atoms with Crippen LogP contribution in [-0.2, 0) is 0 Å². The number of rotatable bonds is 3. The highest BCUT2D eigenvalue weighted by molar-refractivity contribution is 5.56. The van der Waals surface area contributed by atoms with Gasteiger partial charge in [-0.3, -0.25) is 0 Å². The van der Waals surface area contributed by atoms with E-state index in [4.69, 9.17) is 4.74 Å². The number of hydrogen-bond donors (Lipinski definition) is 3. The highest BCUT2D eigenvalue weighted by atomic mass is 16.5. The summed E-state index contributed by atoms with van der Waals surface area (Å²) in [5, 5.41) is 28.4. The van der Waals surface area contributed by atoms with Crippen LogP contribution in [-0.4, -0.2) is 28.2 Å². The normalized spacial score (nSPS) is 18.1. The van der Waals surface area contributed by atoms with Crippen LogP contribution in [0.5, 0.6) is 5.75 Å². The molecule has 0 spiro atoms. The number of aliphatic hydroxyl groups excluding tert-OH is 1. The van der Waals surface area contributed by atoms with Gasteiger partial charge in [0.2, 0.25) is 0 Å². The van der Waals surface area contributed by atoms with Crippen LogP contribution in [0.2, 0.25) is 0 Å². The molecule has 1 aliphatic rings. The Labute approximate surface area is 111 Å². The molecule has 0 unspecified atom stereocenters. The molecule has 0 aromatic heterocycles. The summed E-state index contributed by atoms with van der Waals surface area (Å²) in [5.74, 6) is -1.27. The molecule has 2 rings (SSSR count). The number of allylic oxidation sites excluding steroid dienone is 3. The number of aliphatic hydroxyl groups is 3. The van der Waals surface area contributed by atoms with Gasteiger partial charge in [-0.05, 0) is 35.4 Å². The molecule has 0 radical (unpaired) electrons. The summed E-state index contributed by atoms with van der Waals surface area (Å²) >= 11 is 0. The fourth-order valence-electron chi connectivity index (χ4n) is 1.87. The summed E-state index contributed by atoms with van der Waals surface area (Å²) in [7, 11) is 1.60. The molecule has 0 saturated carbocycles. The van der Waals surface area contributed by atoms with Gasteiger partial charge in [0.25, 0.3) is 0 Å². The van der Waals surface area contributed by atoms with Crippen molar-refractivity contribution in [2.24, 2.45) is 0 Å². The van der Waals surface area contributed by atoms with Crippen molar-refractivity contribution in [1.82, 2.24) is 0 Å². The van der Waals surface area contributed by atoms with Crippen molar-refractivity contribution in [2.45, 2.75) is 12.2 Å². The average Bonchev–Trinajstić information content (AvgIpc) is 2.34. The Morgan fingerprint density at radius 1 is 1.16 bits per heavy atom. The van der Waals surface area contributed by atoms with Crippen LogP contribution in [0.15, 0.2) is 53.8 Å². The van der Waals surface area contributed by atoms with Gasteiger partial charge in [-0.25, -0.2) is 0 Å². The molecule has 19 heavy (non-hydrogen) atoms. The van der Waals surface area contributed by atoms with Gasteiger partial charge >= 0.3 is 0 Å². The molecule has 4 nitrogen and oxygen atoms in total. The lowest BCUT2D eigenvalue weighted by atomic mass is 9.99. The summed E-state index contributed by atoms with van der Waals surface area (Å²) in [6.07, 6.45) is 6.14. The largest absolute Gasteiger partial charge is 0.512 e. The van der Waals surface area contributed by atoms with E-state index in [1.54, 1.807) is 13.2 Å². The number of benzene rings is 1. The quantitative estimate of drug-likeness (QED) is 0.728. The van der Waals surface area contributed by atoms with Crippen molar-refractivity contribution in [1.29, 1.82) is 0 Å². The highest BCUT2D eigenvalue weighted by Crippen LogP contribution is 2.24. The van der Waals surface area contributed by atoms with Gasteiger partial charge in [0.15, 0.2) is 5.79 Å². The molecule has 4 heteroatoms. The second-order valence-corrected chi connectivity index (χ2v) is 4.44. The fourth-order valence-corrected chi connectivity index (χ4v) is 1.87. The fraction of sp³-hybridized carbons (Fsp3) is 0.200. The smallest absolute Gasteiger partial charge is 0.190 e. The Balaban J connectivity index is 2.15. The molecule has 1 aromatic carbocycles. The maximum Gasteiger partial charge on any atom is 0.190 e. The van der Waals surface area contributed by atoms with E-state index in [1.807, 2.05) is 30.3 Å². The minimum absolute atomic E-state index is 0.0538. The van der Waals surface area contributed by atoms with Crippen LogP contribution >= 0.6 is 0 Å². The molecule has 100 valence electrons. The third-order valence-corrected chi connectivity index (χ3v) is 2.76. The van der Waals surface area contributed by atoms with Gasteiger partial charge in [0.1, 0.15) is 5.75 Å². The number of methoxy groups -OCH3 is 1. The third-order valence-electron chi connectivity index (χ3n) is 2.76. The summed E-state index contributed by atoms with van der Waals surface area (Å²) < 4.78 is 5.06. The molecule has 1 aliphatic carbocycles. The van der Waals surface area contributed by atoms with E-state index in [0.717, 1.165) is 11.3 Å². The van der Waals surface area contributed by atoms with E-state index in [2.05, 4.69) is 0 Å². The van der Waals surface area contributed by atoms with Gasteiger partial charge < -0.3 is 20.1 Å². The van der Waals surface area contributed by atoms with Crippen molar-refractivity contribution in [3.8, 4) is 5.75 Å². The molecule has 0 fully saturated rings. The predicted octanol–water partition coefficient (Wildman–Crippen LogP) is 2.16. The second kappa shape index (κ2) is 5.30. The molecule has 0 bridgehead atoms. The molecule has 3 N–H and O–H groups in total. The first-order chi connectivity index (χ1) is 8.98. The van der Waals surface area contributed by atoms with Crippen LogP contribution < -0.4 is 4.74 Å². The van der Waals surface area contributed by atoms with Crippen molar-refractivity contribution >= 4 is 6.08 Å². The lowest BCUT2D eigenvalue weighted by molar-refractivity contribution is -0.122. The standard InChI is InChI=1S/C15H16O4/c1-19-14-6-4-11(5-7-14)2-3-12-8-13(16)10-15(17,18)9-12/h2-9,16-18H,10H2,1H3. The van der Waals surface area contributed by atoms with Crippen molar-refractivity contribution < 1.29 is 20.1 Å². The van der Waals surface area contributed by atoms with E-state index in [-0.39, 0.29) is 12.2 Å². The van der Waals surface area contributed by atoms with Gasteiger partial charge in [-0.15, -0.1) is 0 Å². The second-order valence-electron chi connectivity index (χ2n) is 4.44. The zero-order valence-electron chi connectivity index (χ0n) is 10.6. The Morgan fingerprint density at radius 3 is 2.42 bits per heavy atom. The molecule has 0 amide bonds. The third kappa shape index (κ3) is 3.71. The Bertz CT molecular complexity index is 536. The van der Waals surface area contributed by atoms with Crippen LogP contribution in [0.1, 0.15) is 12.0 Å². The SMILES string of the molecule is COc1ccc(C=CC2=CC(O)(O)CC(O)=C2)cc1. The Kier molecular flexibility index (Phi) is 3.74. The van der Waals surface area contributed by atoms with Crippen LogP contribution in [0.4, 0.5) is 0 Å². The van der Waals surface area contributed by atoms with Gasteiger partial charge in [0, 0.05) is 0 Å². The van der Waals surface area contributed by atoms with Crippen molar-refractivity contribution in [3.63, 3.8) is 0 Å². The summed E-state index contributed by atoms with van der Waals surface area (Å²) in [6, 6.07) is 7.44. The zero-order chi connectivity index (χ0) is 13.9. The van der Waals surface area contributed by atoms with Crippen LogP contribution in [0.25, 0.3) is 6.08 Å². The molecular formula is C15H16O4. The minimum Gasteiger partial charge on any atom is -0.512 e. The van der Waals surface area contributed by atoms with E-state index in [9.17, 15) is 15.3 Å². The lowest BCUT2D eigenvalue weighted by Crippen LogP contribution is -2.28. The first kappa shape index (κ1) is 13.4. The molecule has 0 atom stereocenters. The van der Waals surface area contributed by atoms with Crippen molar-refractivity contribution in [2.75, 3.05) is 7.11 Å². The molecular weight excluding hydrogens is 244 g/mol. The summed E-state index contributed by atoms with van der Waals surface area (Å²) in [4.78, 5) is 0. The van der Waals surface area contributed by atoms with Crippen LogP contribution in [0, 0.1) is 0 Å². The van der Waals surface area contributed by atoms with Gasteiger partial charge in [-0.2, -0.15) is 0 Å². The number of ether oxygens (including phenoxy) is 1. The van der Waals surface area contributed by atoms with Crippen molar-refractivity contribution in [3.05, 3.63) is 59.4 Å². The van der Waals surface area contributed by atoms with Gasteiger partial charge in [0.05, 0.1) is 19.3 Å². The molecule has 0 saturated heterocycles. The predicted molar refractivity (Wildman–Crippen MR) is 72.6 cm³/mol. The van der Waals surface area contributed by atoms with Gasteiger partial charge in [-0.1, -0.05) is 24.3 Å². The van der Waals surface area contributed by atoms with E-state index < -0.39 is 5.79 Å².